The number of carbonyl (C=O) groups is 2. The van der Waals surface area contributed by atoms with Crippen LogP contribution in [0.2, 0.25) is 10.0 Å². The molecule has 1 aromatic carbocycles. The number of nitrogens with zero attached hydrogens (tertiary/aromatic N) is 1. The van der Waals surface area contributed by atoms with Crippen LogP contribution in [0.4, 0.5) is 5.69 Å². The number of hydrogen-bond donors (Lipinski definition) is 3. The highest BCUT2D eigenvalue weighted by Gasteiger charge is 2.20. The van der Waals surface area contributed by atoms with Crippen LogP contribution >= 0.6 is 23.2 Å². The maximum Gasteiger partial charge on any atom is 0.321 e. The first-order chi connectivity index (χ1) is 10.3. The summed E-state index contributed by atoms with van der Waals surface area (Å²) in [6.45, 7) is 1.15. The Morgan fingerprint density at radius 1 is 1.27 bits per heavy atom. The van der Waals surface area contributed by atoms with Crippen molar-refractivity contribution in [2.24, 2.45) is 0 Å². The minimum Gasteiger partial charge on any atom is -0.480 e. The van der Waals surface area contributed by atoms with Gasteiger partial charge in [-0.25, -0.2) is 0 Å². The van der Waals surface area contributed by atoms with Crippen LogP contribution in [0.5, 0.6) is 0 Å². The van der Waals surface area contributed by atoms with E-state index < -0.39 is 17.9 Å². The molecule has 0 aromatic heterocycles. The number of halogens is 2. The van der Waals surface area contributed by atoms with E-state index >= 15 is 0 Å². The number of benzene rings is 1. The van der Waals surface area contributed by atoms with E-state index in [1.54, 1.807) is 12.1 Å². The summed E-state index contributed by atoms with van der Waals surface area (Å²) in [7, 11) is 3.77. The number of carbonyl (C=O) groups excluding carboxylic acids is 1. The van der Waals surface area contributed by atoms with Crippen molar-refractivity contribution < 1.29 is 14.7 Å². The average molecular weight is 348 g/mol. The molecule has 3 N–H and O–H groups in total. The number of amides is 1. The highest BCUT2D eigenvalue weighted by atomic mass is 35.5. The van der Waals surface area contributed by atoms with Crippen molar-refractivity contribution in [2.75, 3.05) is 32.5 Å². The molecule has 1 atom stereocenters. The topological polar surface area (TPSA) is 81.7 Å². The van der Waals surface area contributed by atoms with Gasteiger partial charge in [-0.1, -0.05) is 23.2 Å². The number of likely N-dealkylation sites (N-methyl/N-ethyl adjacent to an activating group) is 1. The second-order valence-electron chi connectivity index (χ2n) is 5.03. The molecule has 0 heterocycles. The van der Waals surface area contributed by atoms with Crippen molar-refractivity contribution in [3.05, 3.63) is 28.2 Å². The molecule has 1 aromatic rings. The molecule has 122 valence electrons. The Labute approximate surface area is 139 Å². The number of nitrogens with one attached hydrogen (secondary N) is 2. The number of hydrogen-bond acceptors (Lipinski definition) is 4. The molecule has 8 heteroatoms. The lowest BCUT2D eigenvalue weighted by Gasteiger charge is -2.16. The van der Waals surface area contributed by atoms with E-state index in [0.717, 1.165) is 0 Å². The zero-order valence-corrected chi connectivity index (χ0v) is 13.9. The maximum absolute atomic E-state index is 11.9. The molecule has 0 radical (unpaired) electrons. The van der Waals surface area contributed by atoms with Crippen molar-refractivity contribution >= 4 is 40.8 Å². The van der Waals surface area contributed by atoms with Gasteiger partial charge >= 0.3 is 5.97 Å². The zero-order valence-electron chi connectivity index (χ0n) is 12.4. The molecule has 1 amide bonds. The first-order valence-electron chi connectivity index (χ1n) is 6.65. The lowest BCUT2D eigenvalue weighted by Crippen LogP contribution is -2.42. The lowest BCUT2D eigenvalue weighted by molar-refractivity contribution is -0.141. The van der Waals surface area contributed by atoms with Crippen molar-refractivity contribution in [2.45, 2.75) is 12.5 Å². The summed E-state index contributed by atoms with van der Waals surface area (Å²) < 4.78 is 0. The molecule has 0 aliphatic rings. The fraction of sp³-hybridized carbons (Fsp3) is 0.429. The van der Waals surface area contributed by atoms with Crippen LogP contribution in [0.15, 0.2) is 18.2 Å². The molecule has 0 fully saturated rings. The summed E-state index contributed by atoms with van der Waals surface area (Å²) in [5.41, 5.74) is 0.469. The van der Waals surface area contributed by atoms with Crippen LogP contribution < -0.4 is 10.6 Å². The summed E-state index contributed by atoms with van der Waals surface area (Å²) in [6.07, 6.45) is -0.178. The number of carboxylic acid groups (broad SMARTS) is 1. The van der Waals surface area contributed by atoms with Gasteiger partial charge in [0.15, 0.2) is 0 Å². The van der Waals surface area contributed by atoms with E-state index in [1.165, 1.54) is 6.07 Å². The fourth-order valence-corrected chi connectivity index (χ4v) is 1.98. The number of anilines is 1. The Bertz CT molecular complexity index is 538. The second kappa shape index (κ2) is 8.95. The molecular weight excluding hydrogens is 329 g/mol. The zero-order chi connectivity index (χ0) is 16.7. The predicted octanol–water partition coefficient (Wildman–Crippen LogP) is 1.93. The number of aliphatic carboxylic acids is 1. The van der Waals surface area contributed by atoms with Crippen LogP contribution in [-0.4, -0.2) is 55.1 Å². The van der Waals surface area contributed by atoms with Gasteiger partial charge in [-0.3, -0.25) is 9.59 Å². The van der Waals surface area contributed by atoms with Gasteiger partial charge in [0.05, 0.1) is 16.5 Å². The van der Waals surface area contributed by atoms with Crippen LogP contribution in [0.3, 0.4) is 0 Å². The van der Waals surface area contributed by atoms with Gasteiger partial charge in [0, 0.05) is 18.8 Å². The molecule has 0 aliphatic carbocycles. The first-order valence-corrected chi connectivity index (χ1v) is 7.41. The number of carboxylic acids is 1. The minimum absolute atomic E-state index is 0.178. The molecule has 0 saturated heterocycles. The Hall–Kier alpha value is -1.34. The van der Waals surface area contributed by atoms with E-state index in [-0.39, 0.29) is 6.42 Å². The third-order valence-electron chi connectivity index (χ3n) is 2.84. The Kier molecular flexibility index (Phi) is 7.61. The first kappa shape index (κ1) is 18.7. The van der Waals surface area contributed by atoms with Crippen molar-refractivity contribution in [1.29, 1.82) is 0 Å². The highest BCUT2D eigenvalue weighted by Crippen LogP contribution is 2.25. The van der Waals surface area contributed by atoms with Crippen LogP contribution in [0, 0.1) is 0 Å². The molecule has 0 spiro atoms. The molecule has 1 rings (SSSR count). The van der Waals surface area contributed by atoms with Gasteiger partial charge in [-0.05, 0) is 32.3 Å². The van der Waals surface area contributed by atoms with E-state index in [0.29, 0.717) is 28.8 Å². The molecule has 0 bridgehead atoms. The van der Waals surface area contributed by atoms with Crippen LogP contribution in [-0.2, 0) is 9.59 Å². The van der Waals surface area contributed by atoms with Crippen molar-refractivity contribution in [1.82, 2.24) is 10.2 Å². The monoisotopic (exact) mass is 347 g/mol. The molecule has 0 saturated carbocycles. The van der Waals surface area contributed by atoms with Gasteiger partial charge in [-0.2, -0.15) is 0 Å². The summed E-state index contributed by atoms with van der Waals surface area (Å²) in [5.74, 6) is -1.48. The summed E-state index contributed by atoms with van der Waals surface area (Å²) >= 11 is 11.6. The normalized spacial score (nSPS) is 12.2. The van der Waals surface area contributed by atoms with Crippen LogP contribution in [0.1, 0.15) is 6.42 Å². The number of rotatable bonds is 8. The second-order valence-corrected chi connectivity index (χ2v) is 5.84. The van der Waals surface area contributed by atoms with E-state index in [2.05, 4.69) is 10.6 Å². The average Bonchev–Trinajstić information content (AvgIpc) is 2.41. The van der Waals surface area contributed by atoms with Gasteiger partial charge in [-0.15, -0.1) is 0 Å². The SMILES string of the molecule is CN(C)CCN[C@H](CC(=O)Nc1ccc(Cl)c(Cl)c1)C(=O)O. The highest BCUT2D eigenvalue weighted by molar-refractivity contribution is 6.42. The predicted molar refractivity (Wildman–Crippen MR) is 87.7 cm³/mol. The smallest absolute Gasteiger partial charge is 0.321 e. The van der Waals surface area contributed by atoms with Gasteiger partial charge < -0.3 is 20.6 Å². The van der Waals surface area contributed by atoms with E-state index in [9.17, 15) is 9.59 Å². The Balaban J connectivity index is 2.55. The molecular formula is C14H19Cl2N3O3. The van der Waals surface area contributed by atoms with Gasteiger partial charge in [0.25, 0.3) is 0 Å². The fourth-order valence-electron chi connectivity index (χ4n) is 1.68. The standard InChI is InChI=1S/C14H19Cl2N3O3/c1-19(2)6-5-17-12(14(21)22)8-13(20)18-9-3-4-10(15)11(16)7-9/h3-4,7,12,17H,5-6,8H2,1-2H3,(H,18,20)(H,21,22)/t12-/m1/s1. The molecule has 22 heavy (non-hydrogen) atoms. The molecule has 0 aliphatic heterocycles. The largest absolute Gasteiger partial charge is 0.480 e. The summed E-state index contributed by atoms with van der Waals surface area (Å²) in [5, 5.41) is 15.3. The quantitative estimate of drug-likeness (QED) is 0.669. The minimum atomic E-state index is -1.07. The summed E-state index contributed by atoms with van der Waals surface area (Å²) in [4.78, 5) is 25.0. The Morgan fingerprint density at radius 2 is 1.95 bits per heavy atom. The molecule has 6 nitrogen and oxygen atoms in total. The van der Waals surface area contributed by atoms with Crippen LogP contribution in [0.25, 0.3) is 0 Å². The Morgan fingerprint density at radius 3 is 2.50 bits per heavy atom. The third kappa shape index (κ3) is 6.62. The lowest BCUT2D eigenvalue weighted by atomic mass is 10.2. The maximum atomic E-state index is 11.9. The van der Waals surface area contributed by atoms with Gasteiger partial charge in [0.2, 0.25) is 5.91 Å². The third-order valence-corrected chi connectivity index (χ3v) is 3.58. The molecule has 0 unspecified atom stereocenters. The van der Waals surface area contributed by atoms with Crippen molar-refractivity contribution in [3.63, 3.8) is 0 Å². The van der Waals surface area contributed by atoms with E-state index in [4.69, 9.17) is 28.3 Å². The summed E-state index contributed by atoms with van der Waals surface area (Å²) in [6, 6.07) is 3.73. The van der Waals surface area contributed by atoms with E-state index in [1.807, 2.05) is 19.0 Å². The van der Waals surface area contributed by atoms with Gasteiger partial charge in [0.1, 0.15) is 6.04 Å². The van der Waals surface area contributed by atoms with Crippen molar-refractivity contribution in [3.8, 4) is 0 Å².